The zero-order valence-electron chi connectivity index (χ0n) is 25.8. The third-order valence-corrected chi connectivity index (χ3v) is 8.58. The number of hydrogen-bond acceptors (Lipinski definition) is 6. The van der Waals surface area contributed by atoms with E-state index in [4.69, 9.17) is 4.74 Å². The molecule has 2 heterocycles. The summed E-state index contributed by atoms with van der Waals surface area (Å²) >= 11 is 0. The highest BCUT2D eigenvalue weighted by Gasteiger charge is 2.24. The predicted octanol–water partition coefficient (Wildman–Crippen LogP) is 4.80. The second kappa shape index (κ2) is 15.0. The molecule has 3 aromatic carbocycles. The van der Waals surface area contributed by atoms with Gasteiger partial charge in [-0.15, -0.1) is 0 Å². The van der Waals surface area contributed by atoms with Crippen LogP contribution >= 0.6 is 0 Å². The lowest BCUT2D eigenvalue weighted by molar-refractivity contribution is -0.130. The Balaban J connectivity index is 1.01. The van der Waals surface area contributed by atoms with Crippen LogP contribution in [-0.4, -0.2) is 103 Å². The average molecular weight is 598 g/mol. The van der Waals surface area contributed by atoms with Crippen molar-refractivity contribution in [3.8, 4) is 11.1 Å². The molecule has 9 nitrogen and oxygen atoms in total. The number of carbonyl (C=O) groups is 3. The standard InChI is InChI=1S/C35H43N5O4/c1-27(41)40-24-22-39(23-25-40)26-28-12-14-30(15-13-28)34(42)37(2)20-21-38-18-16-31(17-19-38)44-35(43)36-33-11-7-6-10-32(33)29-8-4-3-5-9-29/h3-15,31H,16-26H2,1-2H3,(H,36,43). The van der Waals surface area contributed by atoms with Crippen molar-refractivity contribution in [2.24, 2.45) is 0 Å². The molecule has 2 aliphatic heterocycles. The van der Waals surface area contributed by atoms with Crippen LogP contribution in [0.15, 0.2) is 78.9 Å². The van der Waals surface area contributed by atoms with Crippen molar-refractivity contribution in [1.82, 2.24) is 19.6 Å². The highest BCUT2D eigenvalue weighted by Crippen LogP contribution is 2.28. The Labute approximate surface area is 260 Å². The second-order valence-corrected chi connectivity index (χ2v) is 11.7. The first kappa shape index (κ1) is 31.2. The van der Waals surface area contributed by atoms with Crippen LogP contribution in [0.1, 0.15) is 35.7 Å². The van der Waals surface area contributed by atoms with Crippen LogP contribution < -0.4 is 5.32 Å². The summed E-state index contributed by atoms with van der Waals surface area (Å²) in [5.74, 6) is 0.147. The normalized spacial score (nSPS) is 16.4. The van der Waals surface area contributed by atoms with Crippen LogP contribution in [0.4, 0.5) is 10.5 Å². The summed E-state index contributed by atoms with van der Waals surface area (Å²) in [7, 11) is 1.85. The van der Waals surface area contributed by atoms with Gasteiger partial charge in [0, 0.05) is 84.0 Å². The minimum absolute atomic E-state index is 0.0114. The van der Waals surface area contributed by atoms with Crippen molar-refractivity contribution in [3.63, 3.8) is 0 Å². The van der Waals surface area contributed by atoms with E-state index in [0.29, 0.717) is 12.1 Å². The number of nitrogens with one attached hydrogen (secondary N) is 1. The molecule has 1 N–H and O–H groups in total. The van der Waals surface area contributed by atoms with Crippen LogP contribution in [0.25, 0.3) is 11.1 Å². The summed E-state index contributed by atoms with van der Waals surface area (Å²) in [5, 5.41) is 2.93. The molecule has 2 fully saturated rings. The fraction of sp³-hybridized carbons (Fsp3) is 0.400. The monoisotopic (exact) mass is 597 g/mol. The molecule has 2 saturated heterocycles. The molecule has 0 spiro atoms. The number of piperazine rings is 1. The fourth-order valence-electron chi connectivity index (χ4n) is 5.85. The zero-order chi connectivity index (χ0) is 30.9. The summed E-state index contributed by atoms with van der Waals surface area (Å²) in [5.41, 5.74) is 4.57. The minimum atomic E-state index is -0.432. The number of ether oxygens (including phenoxy) is 1. The Morgan fingerprint density at radius 1 is 0.818 bits per heavy atom. The van der Waals surface area contributed by atoms with Crippen molar-refractivity contribution in [2.45, 2.75) is 32.4 Å². The van der Waals surface area contributed by atoms with Gasteiger partial charge < -0.3 is 19.4 Å². The molecule has 0 bridgehead atoms. The van der Waals surface area contributed by atoms with E-state index in [1.165, 1.54) is 5.56 Å². The quantitative estimate of drug-likeness (QED) is 0.382. The van der Waals surface area contributed by atoms with Crippen molar-refractivity contribution in [2.75, 3.05) is 64.7 Å². The predicted molar refractivity (Wildman–Crippen MR) is 172 cm³/mol. The molecule has 232 valence electrons. The lowest BCUT2D eigenvalue weighted by Crippen LogP contribution is -2.47. The van der Waals surface area contributed by atoms with E-state index in [9.17, 15) is 14.4 Å². The molecular weight excluding hydrogens is 554 g/mol. The Morgan fingerprint density at radius 3 is 2.16 bits per heavy atom. The first-order valence-corrected chi connectivity index (χ1v) is 15.5. The summed E-state index contributed by atoms with van der Waals surface area (Å²) in [6.07, 6.45) is 0.956. The largest absolute Gasteiger partial charge is 0.446 e. The number of nitrogens with zero attached hydrogens (tertiary/aromatic N) is 4. The number of piperidine rings is 1. The SMILES string of the molecule is CC(=O)N1CCN(Cc2ccc(C(=O)N(C)CCN3CCC(OC(=O)Nc4ccccc4-c4ccccc4)CC3)cc2)CC1. The summed E-state index contributed by atoms with van der Waals surface area (Å²) < 4.78 is 5.77. The fourth-order valence-corrected chi connectivity index (χ4v) is 5.85. The van der Waals surface area contributed by atoms with Gasteiger partial charge in [0.05, 0.1) is 5.69 Å². The Hall–Kier alpha value is -4.21. The first-order chi connectivity index (χ1) is 21.4. The number of anilines is 1. The van der Waals surface area contributed by atoms with Gasteiger partial charge in [-0.2, -0.15) is 0 Å². The third kappa shape index (κ3) is 8.45. The topological polar surface area (TPSA) is 85.4 Å². The van der Waals surface area contributed by atoms with Crippen molar-refractivity contribution >= 4 is 23.6 Å². The maximum absolute atomic E-state index is 13.1. The molecule has 0 unspecified atom stereocenters. The second-order valence-electron chi connectivity index (χ2n) is 11.7. The minimum Gasteiger partial charge on any atom is -0.446 e. The molecule has 0 radical (unpaired) electrons. The summed E-state index contributed by atoms with van der Waals surface area (Å²) in [4.78, 5) is 45.6. The van der Waals surface area contributed by atoms with Crippen molar-refractivity contribution in [1.29, 1.82) is 0 Å². The molecule has 2 aliphatic rings. The van der Waals surface area contributed by atoms with Gasteiger partial charge in [0.2, 0.25) is 5.91 Å². The maximum Gasteiger partial charge on any atom is 0.411 e. The Morgan fingerprint density at radius 2 is 1.48 bits per heavy atom. The molecule has 9 heteroatoms. The van der Waals surface area contributed by atoms with Gasteiger partial charge in [-0.3, -0.25) is 19.8 Å². The third-order valence-electron chi connectivity index (χ3n) is 8.58. The van der Waals surface area contributed by atoms with Crippen LogP contribution in [0.5, 0.6) is 0 Å². The number of likely N-dealkylation sites (N-methyl/N-ethyl adjacent to an activating group) is 1. The maximum atomic E-state index is 13.1. The molecule has 0 aromatic heterocycles. The van der Waals surface area contributed by atoms with E-state index >= 15 is 0 Å². The van der Waals surface area contributed by atoms with E-state index in [2.05, 4.69) is 15.1 Å². The highest BCUT2D eigenvalue weighted by atomic mass is 16.6. The summed E-state index contributed by atoms with van der Waals surface area (Å²) in [6, 6.07) is 25.6. The van der Waals surface area contributed by atoms with Crippen LogP contribution in [-0.2, 0) is 16.1 Å². The van der Waals surface area contributed by atoms with E-state index in [1.807, 2.05) is 90.8 Å². The van der Waals surface area contributed by atoms with Crippen LogP contribution in [0.3, 0.4) is 0 Å². The number of benzene rings is 3. The number of para-hydroxylation sites is 1. The number of rotatable bonds is 9. The van der Waals surface area contributed by atoms with Crippen LogP contribution in [0, 0.1) is 0 Å². The van der Waals surface area contributed by atoms with E-state index < -0.39 is 6.09 Å². The molecule has 3 aromatic rings. The van der Waals surface area contributed by atoms with Gasteiger partial charge in [-0.05, 0) is 42.2 Å². The smallest absolute Gasteiger partial charge is 0.411 e. The average Bonchev–Trinajstić information content (AvgIpc) is 3.05. The number of amides is 3. The van der Waals surface area contributed by atoms with E-state index in [1.54, 1.807) is 11.8 Å². The molecule has 44 heavy (non-hydrogen) atoms. The number of likely N-dealkylation sites (tertiary alicyclic amines) is 1. The molecule has 3 amide bonds. The molecule has 5 rings (SSSR count). The Kier molecular flexibility index (Phi) is 10.6. The van der Waals surface area contributed by atoms with Gasteiger partial charge in [0.25, 0.3) is 5.91 Å². The van der Waals surface area contributed by atoms with Gasteiger partial charge in [-0.1, -0.05) is 60.7 Å². The van der Waals surface area contributed by atoms with Gasteiger partial charge in [0.15, 0.2) is 0 Å². The van der Waals surface area contributed by atoms with Gasteiger partial charge >= 0.3 is 6.09 Å². The lowest BCUT2D eigenvalue weighted by Gasteiger charge is -2.34. The van der Waals surface area contributed by atoms with E-state index in [-0.39, 0.29) is 17.9 Å². The number of hydrogen-bond donors (Lipinski definition) is 1. The summed E-state index contributed by atoms with van der Waals surface area (Å²) in [6.45, 7) is 8.73. The van der Waals surface area contributed by atoms with Crippen LogP contribution in [0.2, 0.25) is 0 Å². The van der Waals surface area contributed by atoms with Crippen molar-refractivity contribution < 1.29 is 19.1 Å². The highest BCUT2D eigenvalue weighted by molar-refractivity contribution is 5.94. The Bertz CT molecular complexity index is 1400. The molecule has 0 saturated carbocycles. The first-order valence-electron chi connectivity index (χ1n) is 15.5. The lowest BCUT2D eigenvalue weighted by atomic mass is 10.0. The van der Waals surface area contributed by atoms with Gasteiger partial charge in [0.1, 0.15) is 6.10 Å². The van der Waals surface area contributed by atoms with Gasteiger partial charge in [-0.25, -0.2) is 4.79 Å². The van der Waals surface area contributed by atoms with E-state index in [0.717, 1.165) is 82.0 Å². The molecular formula is C35H43N5O4. The number of carbonyl (C=O) groups excluding carboxylic acids is 3. The molecule has 0 atom stereocenters. The van der Waals surface area contributed by atoms with Crippen molar-refractivity contribution in [3.05, 3.63) is 90.0 Å². The zero-order valence-corrected chi connectivity index (χ0v) is 25.8. The molecule has 0 aliphatic carbocycles.